The SMILES string of the molecule is CN(Cc1ccccc1)C(=O)CCNC(=O)NCC(O)c1ccc2ccccc2c1. The maximum Gasteiger partial charge on any atom is 0.314 e. The summed E-state index contributed by atoms with van der Waals surface area (Å²) < 4.78 is 0. The van der Waals surface area contributed by atoms with Crippen LogP contribution in [0.25, 0.3) is 10.8 Å². The Morgan fingerprint density at radius 1 is 0.933 bits per heavy atom. The first kappa shape index (κ1) is 21.3. The molecule has 0 aliphatic carbocycles. The van der Waals surface area contributed by atoms with Gasteiger partial charge in [0.15, 0.2) is 0 Å². The molecule has 0 aliphatic heterocycles. The standard InChI is InChI=1S/C24H27N3O3/c1-27(17-18-7-3-2-4-8-18)23(29)13-14-25-24(30)26-16-22(28)21-12-11-19-9-5-6-10-20(19)15-21/h2-12,15,22,28H,13-14,16-17H2,1H3,(H2,25,26,30). The molecule has 1 unspecified atom stereocenters. The van der Waals surface area contributed by atoms with Crippen molar-refractivity contribution in [2.24, 2.45) is 0 Å². The molecular formula is C24H27N3O3. The Morgan fingerprint density at radius 2 is 1.63 bits per heavy atom. The molecule has 1 atom stereocenters. The minimum Gasteiger partial charge on any atom is -0.387 e. The monoisotopic (exact) mass is 405 g/mol. The van der Waals surface area contributed by atoms with Crippen LogP contribution in [-0.2, 0) is 11.3 Å². The first-order chi connectivity index (χ1) is 14.5. The van der Waals surface area contributed by atoms with Crippen molar-refractivity contribution in [2.75, 3.05) is 20.1 Å². The van der Waals surface area contributed by atoms with Crippen LogP contribution in [0.4, 0.5) is 4.79 Å². The van der Waals surface area contributed by atoms with E-state index in [2.05, 4.69) is 10.6 Å². The highest BCUT2D eigenvalue weighted by molar-refractivity contribution is 5.83. The molecule has 0 spiro atoms. The van der Waals surface area contributed by atoms with Gasteiger partial charge in [-0.3, -0.25) is 4.79 Å². The average Bonchev–Trinajstić information content (AvgIpc) is 2.77. The number of urea groups is 1. The predicted octanol–water partition coefficient (Wildman–Crippen LogP) is 3.22. The maximum absolute atomic E-state index is 12.2. The van der Waals surface area contributed by atoms with Gasteiger partial charge in [0.1, 0.15) is 0 Å². The van der Waals surface area contributed by atoms with Gasteiger partial charge < -0.3 is 20.6 Å². The number of benzene rings is 3. The number of aliphatic hydroxyl groups is 1. The summed E-state index contributed by atoms with van der Waals surface area (Å²) in [5.41, 5.74) is 1.80. The van der Waals surface area contributed by atoms with E-state index in [0.717, 1.165) is 21.9 Å². The Morgan fingerprint density at radius 3 is 2.40 bits per heavy atom. The van der Waals surface area contributed by atoms with Gasteiger partial charge in [-0.25, -0.2) is 4.79 Å². The summed E-state index contributed by atoms with van der Waals surface area (Å²) in [4.78, 5) is 25.8. The molecule has 0 aromatic heterocycles. The van der Waals surface area contributed by atoms with Crippen LogP contribution in [-0.4, -0.2) is 42.1 Å². The zero-order valence-corrected chi connectivity index (χ0v) is 17.0. The van der Waals surface area contributed by atoms with E-state index in [-0.39, 0.29) is 25.4 Å². The van der Waals surface area contributed by atoms with Gasteiger partial charge in [0.25, 0.3) is 0 Å². The number of hydrogen-bond acceptors (Lipinski definition) is 3. The summed E-state index contributed by atoms with van der Waals surface area (Å²) >= 11 is 0. The van der Waals surface area contributed by atoms with Crippen molar-refractivity contribution < 1.29 is 14.7 Å². The smallest absolute Gasteiger partial charge is 0.314 e. The van der Waals surface area contributed by atoms with E-state index in [9.17, 15) is 14.7 Å². The molecule has 0 fully saturated rings. The number of amides is 3. The number of carbonyl (C=O) groups excluding carboxylic acids is 2. The van der Waals surface area contributed by atoms with E-state index in [4.69, 9.17) is 0 Å². The molecule has 3 N–H and O–H groups in total. The molecule has 3 amide bonds. The third-order valence-corrected chi connectivity index (χ3v) is 4.93. The number of carbonyl (C=O) groups is 2. The number of aliphatic hydroxyl groups excluding tert-OH is 1. The van der Waals surface area contributed by atoms with Gasteiger partial charge in [-0.15, -0.1) is 0 Å². The van der Waals surface area contributed by atoms with Crippen LogP contribution in [0, 0.1) is 0 Å². The van der Waals surface area contributed by atoms with Crippen molar-refractivity contribution in [1.29, 1.82) is 0 Å². The molecule has 30 heavy (non-hydrogen) atoms. The molecule has 3 rings (SSSR count). The largest absolute Gasteiger partial charge is 0.387 e. The number of hydrogen-bond donors (Lipinski definition) is 3. The summed E-state index contributed by atoms with van der Waals surface area (Å²) in [5, 5.41) is 17.8. The Kier molecular flexibility index (Phi) is 7.40. The molecular weight excluding hydrogens is 378 g/mol. The second kappa shape index (κ2) is 10.4. The molecule has 0 bridgehead atoms. The van der Waals surface area contributed by atoms with Crippen molar-refractivity contribution >= 4 is 22.7 Å². The summed E-state index contributed by atoms with van der Waals surface area (Å²) in [5.74, 6) is -0.0460. The third-order valence-electron chi connectivity index (χ3n) is 4.93. The Balaban J connectivity index is 1.38. The number of fused-ring (bicyclic) bond motifs is 1. The van der Waals surface area contributed by atoms with E-state index in [1.807, 2.05) is 72.8 Å². The molecule has 6 heteroatoms. The minimum absolute atomic E-state index is 0.0460. The highest BCUT2D eigenvalue weighted by atomic mass is 16.3. The second-order valence-corrected chi connectivity index (χ2v) is 7.24. The zero-order valence-electron chi connectivity index (χ0n) is 17.0. The van der Waals surface area contributed by atoms with Crippen LogP contribution in [0.2, 0.25) is 0 Å². The van der Waals surface area contributed by atoms with Crippen molar-refractivity contribution in [3.05, 3.63) is 83.9 Å². The summed E-state index contributed by atoms with van der Waals surface area (Å²) in [6, 6.07) is 23.0. The van der Waals surface area contributed by atoms with Gasteiger partial charge in [-0.1, -0.05) is 66.7 Å². The zero-order chi connectivity index (χ0) is 21.3. The molecule has 3 aromatic carbocycles. The average molecular weight is 405 g/mol. The molecule has 6 nitrogen and oxygen atoms in total. The van der Waals surface area contributed by atoms with Crippen molar-refractivity contribution in [2.45, 2.75) is 19.1 Å². The van der Waals surface area contributed by atoms with Gasteiger partial charge in [-0.2, -0.15) is 0 Å². The van der Waals surface area contributed by atoms with Crippen LogP contribution >= 0.6 is 0 Å². The summed E-state index contributed by atoms with van der Waals surface area (Å²) in [7, 11) is 1.75. The minimum atomic E-state index is -0.806. The highest BCUT2D eigenvalue weighted by Gasteiger charge is 2.12. The fourth-order valence-corrected chi connectivity index (χ4v) is 3.20. The summed E-state index contributed by atoms with van der Waals surface area (Å²) in [6.45, 7) is 0.853. The normalized spacial score (nSPS) is 11.7. The Hall–Kier alpha value is -3.38. The van der Waals surface area contributed by atoms with Crippen molar-refractivity contribution in [3.63, 3.8) is 0 Å². The van der Waals surface area contributed by atoms with Crippen molar-refractivity contribution in [1.82, 2.24) is 15.5 Å². The molecule has 3 aromatic rings. The quantitative estimate of drug-likeness (QED) is 0.538. The maximum atomic E-state index is 12.2. The van der Waals surface area contributed by atoms with Gasteiger partial charge in [0, 0.05) is 33.1 Å². The third kappa shape index (κ3) is 6.06. The number of nitrogens with zero attached hydrogens (tertiary/aromatic N) is 1. The van der Waals surface area contributed by atoms with Crippen LogP contribution in [0.5, 0.6) is 0 Å². The Bertz CT molecular complexity index is 991. The van der Waals surface area contributed by atoms with E-state index < -0.39 is 12.1 Å². The second-order valence-electron chi connectivity index (χ2n) is 7.24. The molecule has 0 aliphatic rings. The van der Waals surface area contributed by atoms with Crippen molar-refractivity contribution in [3.8, 4) is 0 Å². The van der Waals surface area contributed by atoms with Gasteiger partial charge in [-0.05, 0) is 28.0 Å². The lowest BCUT2D eigenvalue weighted by Crippen LogP contribution is -2.39. The van der Waals surface area contributed by atoms with Crippen LogP contribution in [0.15, 0.2) is 72.8 Å². The Labute approximate surface area is 176 Å². The molecule has 0 heterocycles. The molecule has 156 valence electrons. The van der Waals surface area contributed by atoms with Crippen LogP contribution in [0.3, 0.4) is 0 Å². The lowest BCUT2D eigenvalue weighted by Gasteiger charge is -2.18. The molecule has 0 saturated carbocycles. The first-order valence-corrected chi connectivity index (χ1v) is 9.99. The predicted molar refractivity (Wildman–Crippen MR) is 118 cm³/mol. The van der Waals surface area contributed by atoms with Gasteiger partial charge >= 0.3 is 6.03 Å². The molecule has 0 radical (unpaired) electrons. The lowest BCUT2D eigenvalue weighted by molar-refractivity contribution is -0.130. The number of nitrogens with one attached hydrogen (secondary N) is 2. The fourth-order valence-electron chi connectivity index (χ4n) is 3.20. The van der Waals surface area contributed by atoms with Crippen LogP contribution in [0.1, 0.15) is 23.7 Å². The first-order valence-electron chi connectivity index (χ1n) is 9.99. The van der Waals surface area contributed by atoms with E-state index >= 15 is 0 Å². The lowest BCUT2D eigenvalue weighted by atomic mass is 10.0. The van der Waals surface area contributed by atoms with Crippen LogP contribution < -0.4 is 10.6 Å². The van der Waals surface area contributed by atoms with Gasteiger partial charge in [0.2, 0.25) is 5.91 Å². The fraction of sp³-hybridized carbons (Fsp3) is 0.250. The van der Waals surface area contributed by atoms with E-state index in [1.165, 1.54) is 0 Å². The van der Waals surface area contributed by atoms with Gasteiger partial charge in [0.05, 0.1) is 6.10 Å². The highest BCUT2D eigenvalue weighted by Crippen LogP contribution is 2.20. The van der Waals surface area contributed by atoms with E-state index in [1.54, 1.807) is 11.9 Å². The van der Waals surface area contributed by atoms with E-state index in [0.29, 0.717) is 6.54 Å². The number of rotatable bonds is 8. The molecule has 0 saturated heterocycles. The summed E-state index contributed by atoms with van der Waals surface area (Å²) in [6.07, 6.45) is -0.594. The topological polar surface area (TPSA) is 81.7 Å².